The van der Waals surface area contributed by atoms with Gasteiger partial charge in [0.05, 0.1) is 12.5 Å². The standard InChI is InChI=1S/C18H15F2NO6/c1-2-25-18(24)14-13(8-3-4-10(19)11(20)5-8)16-15(27-17(14)21)12(23)6-9(7-22)26-16/h3-6,13,22H,2,7,21H2,1H3/t13-/m1/s1. The van der Waals surface area contributed by atoms with Crippen molar-refractivity contribution in [1.82, 2.24) is 0 Å². The molecule has 0 saturated heterocycles. The van der Waals surface area contributed by atoms with Gasteiger partial charge in [-0.3, -0.25) is 4.79 Å². The molecule has 0 spiro atoms. The van der Waals surface area contributed by atoms with Crippen molar-refractivity contribution in [2.45, 2.75) is 19.4 Å². The first-order chi connectivity index (χ1) is 12.9. The Morgan fingerprint density at radius 3 is 2.67 bits per heavy atom. The second-order valence-corrected chi connectivity index (χ2v) is 5.64. The van der Waals surface area contributed by atoms with Crippen molar-refractivity contribution in [3.63, 3.8) is 0 Å². The lowest BCUT2D eigenvalue weighted by atomic mass is 9.86. The SMILES string of the molecule is CCOC(=O)C1=C(N)Oc2c(oc(CO)cc2=O)[C@@H]1c1ccc(F)c(F)c1. The number of nitrogens with two attached hydrogens (primary N) is 1. The molecule has 2 heterocycles. The highest BCUT2D eigenvalue weighted by Crippen LogP contribution is 2.41. The Hall–Kier alpha value is -3.20. The van der Waals surface area contributed by atoms with Crippen molar-refractivity contribution in [2.75, 3.05) is 6.61 Å². The maximum atomic E-state index is 13.8. The normalized spacial score (nSPS) is 15.9. The summed E-state index contributed by atoms with van der Waals surface area (Å²) in [5.41, 5.74) is 5.02. The summed E-state index contributed by atoms with van der Waals surface area (Å²) < 4.78 is 42.9. The molecule has 0 fully saturated rings. The number of aliphatic hydroxyl groups is 1. The summed E-state index contributed by atoms with van der Waals surface area (Å²) in [6, 6.07) is 3.94. The van der Waals surface area contributed by atoms with Crippen molar-refractivity contribution in [3.8, 4) is 5.75 Å². The van der Waals surface area contributed by atoms with E-state index in [9.17, 15) is 23.5 Å². The van der Waals surface area contributed by atoms with Gasteiger partial charge < -0.3 is 24.7 Å². The van der Waals surface area contributed by atoms with Crippen LogP contribution in [0.1, 0.15) is 29.9 Å². The molecule has 142 valence electrons. The van der Waals surface area contributed by atoms with Gasteiger partial charge in [0.25, 0.3) is 0 Å². The number of carbonyl (C=O) groups is 1. The molecule has 0 saturated carbocycles. The molecule has 1 aromatic heterocycles. The fourth-order valence-electron chi connectivity index (χ4n) is 2.79. The molecule has 0 radical (unpaired) electrons. The fraction of sp³-hybridized carbons (Fsp3) is 0.222. The molecular weight excluding hydrogens is 364 g/mol. The molecule has 1 aliphatic rings. The third-order valence-corrected chi connectivity index (χ3v) is 3.94. The number of esters is 1. The second kappa shape index (κ2) is 7.20. The Morgan fingerprint density at radius 2 is 2.04 bits per heavy atom. The van der Waals surface area contributed by atoms with Crippen LogP contribution in [-0.4, -0.2) is 17.7 Å². The molecule has 2 aromatic rings. The minimum absolute atomic E-state index is 0.0214. The van der Waals surface area contributed by atoms with Crippen molar-refractivity contribution >= 4 is 5.97 Å². The van der Waals surface area contributed by atoms with Crippen molar-refractivity contribution in [1.29, 1.82) is 0 Å². The maximum Gasteiger partial charge on any atom is 0.340 e. The van der Waals surface area contributed by atoms with Crippen molar-refractivity contribution in [3.05, 3.63) is 74.7 Å². The van der Waals surface area contributed by atoms with E-state index in [2.05, 4.69) is 0 Å². The first-order valence-electron chi connectivity index (χ1n) is 7.94. The van der Waals surface area contributed by atoms with Gasteiger partial charge in [-0.1, -0.05) is 6.07 Å². The Kier molecular flexibility index (Phi) is 4.95. The van der Waals surface area contributed by atoms with Crippen LogP contribution in [0, 0.1) is 11.6 Å². The van der Waals surface area contributed by atoms with Gasteiger partial charge in [0.2, 0.25) is 17.1 Å². The molecule has 7 nitrogen and oxygen atoms in total. The maximum absolute atomic E-state index is 13.8. The lowest BCUT2D eigenvalue weighted by molar-refractivity contribution is -0.139. The molecule has 27 heavy (non-hydrogen) atoms. The zero-order chi connectivity index (χ0) is 19.7. The number of carbonyl (C=O) groups excluding carboxylic acids is 1. The molecule has 1 atom stereocenters. The lowest BCUT2D eigenvalue weighted by Crippen LogP contribution is -2.30. The molecular formula is C18H15F2NO6. The zero-order valence-corrected chi connectivity index (χ0v) is 14.1. The van der Waals surface area contributed by atoms with Crippen LogP contribution in [0.15, 0.2) is 44.9 Å². The van der Waals surface area contributed by atoms with E-state index in [4.69, 9.17) is 19.6 Å². The van der Waals surface area contributed by atoms with Gasteiger partial charge in [0.1, 0.15) is 17.9 Å². The monoisotopic (exact) mass is 379 g/mol. The largest absolute Gasteiger partial charge is 0.462 e. The molecule has 1 aliphatic heterocycles. The topological polar surface area (TPSA) is 112 Å². The molecule has 3 rings (SSSR count). The summed E-state index contributed by atoms with van der Waals surface area (Å²) in [5.74, 6) is -5.32. The molecule has 0 unspecified atom stereocenters. The smallest absolute Gasteiger partial charge is 0.340 e. The van der Waals surface area contributed by atoms with Crippen molar-refractivity contribution in [2.24, 2.45) is 5.73 Å². The van der Waals surface area contributed by atoms with Gasteiger partial charge in [-0.25, -0.2) is 13.6 Å². The van der Waals surface area contributed by atoms with Crippen LogP contribution in [0.3, 0.4) is 0 Å². The predicted molar refractivity (Wildman–Crippen MR) is 87.6 cm³/mol. The van der Waals surface area contributed by atoms with E-state index in [0.29, 0.717) is 0 Å². The summed E-state index contributed by atoms with van der Waals surface area (Å²) in [4.78, 5) is 24.7. The summed E-state index contributed by atoms with van der Waals surface area (Å²) in [6.07, 6.45) is 0. The van der Waals surface area contributed by atoms with Crippen LogP contribution in [0.5, 0.6) is 5.75 Å². The number of hydrogen-bond acceptors (Lipinski definition) is 7. The van der Waals surface area contributed by atoms with Gasteiger partial charge in [-0.15, -0.1) is 0 Å². The fourth-order valence-corrected chi connectivity index (χ4v) is 2.79. The van der Waals surface area contributed by atoms with E-state index < -0.39 is 41.4 Å². The third kappa shape index (κ3) is 3.28. The quantitative estimate of drug-likeness (QED) is 0.777. The van der Waals surface area contributed by atoms with E-state index in [1.165, 1.54) is 6.07 Å². The zero-order valence-electron chi connectivity index (χ0n) is 14.1. The number of halogens is 2. The average molecular weight is 379 g/mol. The highest BCUT2D eigenvalue weighted by Gasteiger charge is 2.39. The van der Waals surface area contributed by atoms with Crippen LogP contribution in [-0.2, 0) is 16.1 Å². The van der Waals surface area contributed by atoms with E-state index in [-0.39, 0.29) is 35.0 Å². The minimum Gasteiger partial charge on any atom is -0.462 e. The first-order valence-corrected chi connectivity index (χ1v) is 7.94. The Labute approximate surface area is 151 Å². The predicted octanol–water partition coefficient (Wildman–Crippen LogP) is 1.67. The lowest BCUT2D eigenvalue weighted by Gasteiger charge is -2.26. The van der Waals surface area contributed by atoms with Crippen LogP contribution in [0.4, 0.5) is 8.78 Å². The van der Waals surface area contributed by atoms with Gasteiger partial charge in [0, 0.05) is 6.07 Å². The van der Waals surface area contributed by atoms with E-state index in [1.54, 1.807) is 6.92 Å². The highest BCUT2D eigenvalue weighted by atomic mass is 19.2. The number of ether oxygens (including phenoxy) is 2. The molecule has 0 bridgehead atoms. The molecule has 0 amide bonds. The molecule has 0 aliphatic carbocycles. The van der Waals surface area contributed by atoms with E-state index >= 15 is 0 Å². The van der Waals surface area contributed by atoms with Gasteiger partial charge in [-0.05, 0) is 24.6 Å². The van der Waals surface area contributed by atoms with E-state index in [1.807, 2.05) is 0 Å². The second-order valence-electron chi connectivity index (χ2n) is 5.64. The average Bonchev–Trinajstić information content (AvgIpc) is 2.63. The highest BCUT2D eigenvalue weighted by molar-refractivity contribution is 5.92. The number of benzene rings is 1. The van der Waals surface area contributed by atoms with Crippen LogP contribution < -0.4 is 15.9 Å². The van der Waals surface area contributed by atoms with Gasteiger partial charge in [0.15, 0.2) is 17.4 Å². The van der Waals surface area contributed by atoms with Crippen LogP contribution >= 0.6 is 0 Å². The number of rotatable bonds is 4. The Bertz CT molecular complexity index is 998. The molecule has 3 N–H and O–H groups in total. The summed E-state index contributed by atoms with van der Waals surface area (Å²) >= 11 is 0. The van der Waals surface area contributed by atoms with E-state index in [0.717, 1.165) is 18.2 Å². The minimum atomic E-state index is -1.19. The van der Waals surface area contributed by atoms with Crippen LogP contribution in [0.25, 0.3) is 0 Å². The number of fused-ring (bicyclic) bond motifs is 1. The Morgan fingerprint density at radius 1 is 1.30 bits per heavy atom. The van der Waals surface area contributed by atoms with Gasteiger partial charge >= 0.3 is 5.97 Å². The number of hydrogen-bond donors (Lipinski definition) is 2. The summed E-state index contributed by atoms with van der Waals surface area (Å²) in [7, 11) is 0. The van der Waals surface area contributed by atoms with Crippen molar-refractivity contribution < 1.29 is 32.6 Å². The third-order valence-electron chi connectivity index (χ3n) is 3.94. The van der Waals surface area contributed by atoms with Gasteiger partial charge in [-0.2, -0.15) is 0 Å². The van der Waals surface area contributed by atoms with Crippen LogP contribution in [0.2, 0.25) is 0 Å². The first kappa shape index (κ1) is 18.6. The molecule has 9 heteroatoms. The number of aliphatic hydroxyl groups excluding tert-OH is 1. The Balaban J connectivity index is 2.29. The summed E-state index contributed by atoms with van der Waals surface area (Å²) in [5, 5.41) is 9.30. The molecule has 1 aromatic carbocycles. The summed E-state index contributed by atoms with van der Waals surface area (Å²) in [6.45, 7) is 0.997.